The fraction of sp³-hybridized carbons (Fsp3) is 0.286. The molecule has 0 bridgehead atoms. The van der Waals surface area contributed by atoms with Gasteiger partial charge in [-0.2, -0.15) is 0 Å². The summed E-state index contributed by atoms with van der Waals surface area (Å²) in [5, 5.41) is 0.981. The zero-order valence-corrected chi connectivity index (χ0v) is 17.5. The number of ether oxygens (including phenoxy) is 2. The highest BCUT2D eigenvalue weighted by Gasteiger charge is 2.13. The van der Waals surface area contributed by atoms with Crippen LogP contribution in [0.15, 0.2) is 53.9 Å². The van der Waals surface area contributed by atoms with Crippen molar-refractivity contribution in [2.45, 2.75) is 20.3 Å². The van der Waals surface area contributed by atoms with Gasteiger partial charge in [-0.15, -0.1) is 4.83 Å². The molecule has 0 unspecified atom stereocenters. The topological polar surface area (TPSA) is 93.7 Å². The maximum Gasteiger partial charge on any atom is 0.266 e. The van der Waals surface area contributed by atoms with Crippen LogP contribution in [0.25, 0.3) is 6.08 Å². The largest absolute Gasteiger partial charge is 0.493 e. The van der Waals surface area contributed by atoms with E-state index in [-0.39, 0.29) is 5.56 Å². The Morgan fingerprint density at radius 3 is 2.48 bits per heavy atom. The number of nitrogens with one attached hydrogen (secondary N) is 2. The predicted molar refractivity (Wildman–Crippen MR) is 113 cm³/mol. The lowest BCUT2D eigenvalue weighted by atomic mass is 10.1. The van der Waals surface area contributed by atoms with E-state index in [1.54, 1.807) is 30.3 Å². The van der Waals surface area contributed by atoms with Crippen molar-refractivity contribution in [1.82, 2.24) is 10.3 Å². The number of hydrogen-bond donors (Lipinski definition) is 2. The molecule has 0 aliphatic carbocycles. The summed E-state index contributed by atoms with van der Waals surface area (Å²) in [7, 11) is -2.37. The molecule has 0 atom stereocenters. The van der Waals surface area contributed by atoms with Crippen LogP contribution < -0.4 is 19.7 Å². The van der Waals surface area contributed by atoms with Crippen LogP contribution >= 0.6 is 0 Å². The number of methoxy groups -OCH3 is 1. The highest BCUT2D eigenvalue weighted by atomic mass is 32.2. The average molecular weight is 419 g/mol. The van der Waals surface area contributed by atoms with E-state index in [1.165, 1.54) is 25.3 Å². The molecule has 0 aliphatic heterocycles. The SMILES string of the molecule is COc1cc(C(=O)NNS(=O)(=O)/C=C/c2ccccc2)ccc1OCCC(C)C. The second-order valence-electron chi connectivity index (χ2n) is 6.71. The third-order valence-corrected chi connectivity index (χ3v) is 4.81. The van der Waals surface area contributed by atoms with Gasteiger partial charge >= 0.3 is 0 Å². The molecule has 0 fully saturated rings. The van der Waals surface area contributed by atoms with Crippen molar-refractivity contribution < 1.29 is 22.7 Å². The molecule has 0 aromatic heterocycles. The summed E-state index contributed by atoms with van der Waals surface area (Å²) in [5.41, 5.74) is 3.13. The number of rotatable bonds is 10. The van der Waals surface area contributed by atoms with Gasteiger partial charge in [0, 0.05) is 11.0 Å². The molecule has 8 heteroatoms. The summed E-state index contributed by atoms with van der Waals surface area (Å²) >= 11 is 0. The zero-order chi connectivity index (χ0) is 21.3. The van der Waals surface area contributed by atoms with Gasteiger partial charge in [0.1, 0.15) is 0 Å². The molecule has 0 radical (unpaired) electrons. The molecule has 2 rings (SSSR count). The first-order valence-corrected chi connectivity index (χ1v) is 10.7. The number of benzene rings is 2. The van der Waals surface area contributed by atoms with Crippen LogP contribution in [0.4, 0.5) is 0 Å². The lowest BCUT2D eigenvalue weighted by Gasteiger charge is -2.13. The molecule has 7 nitrogen and oxygen atoms in total. The van der Waals surface area contributed by atoms with Gasteiger partial charge in [0.15, 0.2) is 11.5 Å². The first kappa shape index (κ1) is 22.4. The van der Waals surface area contributed by atoms with Crippen molar-refractivity contribution in [1.29, 1.82) is 0 Å². The summed E-state index contributed by atoms with van der Waals surface area (Å²) in [4.78, 5) is 14.3. The third kappa shape index (κ3) is 7.59. The highest BCUT2D eigenvalue weighted by Crippen LogP contribution is 2.28. The molecule has 0 saturated heterocycles. The van der Waals surface area contributed by atoms with Crippen LogP contribution in [0.1, 0.15) is 36.2 Å². The Hall–Kier alpha value is -2.84. The minimum absolute atomic E-state index is 0.229. The van der Waals surface area contributed by atoms with E-state index in [4.69, 9.17) is 9.47 Å². The fourth-order valence-electron chi connectivity index (χ4n) is 2.29. The lowest BCUT2D eigenvalue weighted by Crippen LogP contribution is -2.40. The number of hydrogen-bond acceptors (Lipinski definition) is 5. The first-order valence-electron chi connectivity index (χ1n) is 9.17. The van der Waals surface area contributed by atoms with Gasteiger partial charge in [-0.3, -0.25) is 10.2 Å². The summed E-state index contributed by atoms with van der Waals surface area (Å²) in [6, 6.07) is 13.6. The van der Waals surface area contributed by atoms with E-state index >= 15 is 0 Å². The van der Waals surface area contributed by atoms with Gasteiger partial charge in [0.25, 0.3) is 15.9 Å². The normalized spacial score (nSPS) is 11.6. The van der Waals surface area contributed by atoms with Crippen LogP contribution in [-0.4, -0.2) is 28.0 Å². The van der Waals surface area contributed by atoms with Gasteiger partial charge in [-0.25, -0.2) is 8.42 Å². The van der Waals surface area contributed by atoms with E-state index in [1.807, 2.05) is 10.9 Å². The van der Waals surface area contributed by atoms with E-state index < -0.39 is 15.9 Å². The Balaban J connectivity index is 1.98. The van der Waals surface area contributed by atoms with Crippen molar-refractivity contribution in [3.63, 3.8) is 0 Å². The number of amides is 1. The van der Waals surface area contributed by atoms with Gasteiger partial charge in [0.05, 0.1) is 13.7 Å². The molecular formula is C21H26N2O5S. The Labute approximate surface area is 171 Å². The fourth-order valence-corrected chi connectivity index (χ4v) is 2.93. The van der Waals surface area contributed by atoms with Crippen LogP contribution in [0, 0.1) is 5.92 Å². The Bertz CT molecular complexity index is 941. The number of carbonyl (C=O) groups excluding carboxylic acids is 1. The molecule has 1 amide bonds. The number of sulfonamides is 1. The molecule has 29 heavy (non-hydrogen) atoms. The van der Waals surface area contributed by atoms with Crippen molar-refractivity contribution in [3.8, 4) is 11.5 Å². The molecule has 0 saturated carbocycles. The maximum atomic E-state index is 12.3. The van der Waals surface area contributed by atoms with E-state index in [9.17, 15) is 13.2 Å². The van der Waals surface area contributed by atoms with Crippen molar-refractivity contribution in [2.75, 3.05) is 13.7 Å². The Morgan fingerprint density at radius 1 is 1.10 bits per heavy atom. The van der Waals surface area contributed by atoms with Crippen LogP contribution in [0.2, 0.25) is 0 Å². The summed E-state index contributed by atoms with van der Waals surface area (Å²) in [6.07, 6.45) is 2.32. The Morgan fingerprint density at radius 2 is 1.83 bits per heavy atom. The maximum absolute atomic E-state index is 12.3. The molecular weight excluding hydrogens is 392 g/mol. The van der Waals surface area contributed by atoms with E-state index in [0.29, 0.717) is 24.0 Å². The minimum atomic E-state index is -3.85. The zero-order valence-electron chi connectivity index (χ0n) is 16.7. The van der Waals surface area contributed by atoms with Crippen molar-refractivity contribution in [3.05, 3.63) is 65.1 Å². The second kappa shape index (κ2) is 10.6. The summed E-state index contributed by atoms with van der Waals surface area (Å²) < 4.78 is 35.0. The standard InChI is InChI=1S/C21H26N2O5S/c1-16(2)11-13-28-19-10-9-18(15-20(19)27-3)21(24)22-23-29(25,26)14-12-17-7-5-4-6-8-17/h4-10,12,14-16,23H,11,13H2,1-3H3,(H,22,24)/b14-12+. The van der Waals surface area contributed by atoms with Gasteiger partial charge in [-0.1, -0.05) is 44.2 Å². The molecule has 0 spiro atoms. The molecule has 2 N–H and O–H groups in total. The molecule has 156 valence electrons. The first-order chi connectivity index (χ1) is 13.8. The minimum Gasteiger partial charge on any atom is -0.493 e. The average Bonchev–Trinajstić information content (AvgIpc) is 2.71. The Kier molecular flexibility index (Phi) is 8.23. The van der Waals surface area contributed by atoms with E-state index in [0.717, 1.165) is 17.4 Å². The number of hydrazine groups is 1. The monoisotopic (exact) mass is 418 g/mol. The molecule has 0 aliphatic rings. The lowest BCUT2D eigenvalue weighted by molar-refractivity contribution is 0.0945. The molecule has 2 aromatic rings. The van der Waals surface area contributed by atoms with Gasteiger partial charge in [-0.05, 0) is 42.2 Å². The van der Waals surface area contributed by atoms with Gasteiger partial charge < -0.3 is 9.47 Å². The quantitative estimate of drug-likeness (QED) is 0.577. The number of carbonyl (C=O) groups is 1. The van der Waals surface area contributed by atoms with Crippen LogP contribution in [0.5, 0.6) is 11.5 Å². The second-order valence-corrected chi connectivity index (χ2v) is 8.28. The van der Waals surface area contributed by atoms with Crippen molar-refractivity contribution in [2.24, 2.45) is 5.92 Å². The molecule has 0 heterocycles. The van der Waals surface area contributed by atoms with Gasteiger partial charge in [0.2, 0.25) is 0 Å². The summed E-state index contributed by atoms with van der Waals surface area (Å²) in [6.45, 7) is 4.74. The van der Waals surface area contributed by atoms with Crippen molar-refractivity contribution >= 4 is 22.0 Å². The van der Waals surface area contributed by atoms with Crippen LogP contribution in [-0.2, 0) is 10.0 Å². The van der Waals surface area contributed by atoms with Crippen LogP contribution in [0.3, 0.4) is 0 Å². The van der Waals surface area contributed by atoms with E-state index in [2.05, 4.69) is 19.3 Å². The summed E-state index contributed by atoms with van der Waals surface area (Å²) in [5.74, 6) is 0.813. The third-order valence-electron chi connectivity index (χ3n) is 3.92. The molecule has 2 aromatic carbocycles. The smallest absolute Gasteiger partial charge is 0.266 e. The predicted octanol–water partition coefficient (Wildman–Crippen LogP) is 3.36. The highest BCUT2D eigenvalue weighted by molar-refractivity contribution is 7.92.